The summed E-state index contributed by atoms with van der Waals surface area (Å²) in [5, 5.41) is 0. The molecule has 1 fully saturated rings. The lowest BCUT2D eigenvalue weighted by Gasteiger charge is -2.27. The van der Waals surface area contributed by atoms with Crippen LogP contribution < -0.4 is 10.6 Å². The molecule has 0 spiro atoms. The van der Waals surface area contributed by atoms with E-state index in [1.54, 1.807) is 19.0 Å². The van der Waals surface area contributed by atoms with Crippen LogP contribution in [0.1, 0.15) is 18.5 Å². The van der Waals surface area contributed by atoms with Crippen LogP contribution in [0.25, 0.3) is 0 Å². The van der Waals surface area contributed by atoms with Crippen LogP contribution in [0.5, 0.6) is 0 Å². The van der Waals surface area contributed by atoms with Crippen molar-refractivity contribution >= 4 is 17.7 Å². The second-order valence-corrected chi connectivity index (χ2v) is 4.81. The van der Waals surface area contributed by atoms with E-state index in [1.165, 1.54) is 0 Å². The number of likely N-dealkylation sites (N-methyl/N-ethyl adjacent to an activating group) is 1. The number of amides is 1. The molecule has 6 heteroatoms. The zero-order valence-electron chi connectivity index (χ0n) is 11.1. The Hall–Kier alpha value is -1.85. The summed E-state index contributed by atoms with van der Waals surface area (Å²) in [6.07, 6.45) is 1.85. The van der Waals surface area contributed by atoms with Gasteiger partial charge < -0.3 is 15.5 Å². The van der Waals surface area contributed by atoms with Gasteiger partial charge in [0, 0.05) is 32.4 Å². The normalized spacial score (nSPS) is 19.1. The SMILES string of the molecule is Cc1cc(N2CCCC2C(=O)N(C)C)nc(N)n1. The van der Waals surface area contributed by atoms with Gasteiger partial charge in [0.05, 0.1) is 0 Å². The maximum Gasteiger partial charge on any atom is 0.244 e. The van der Waals surface area contributed by atoms with Crippen LogP contribution >= 0.6 is 0 Å². The molecule has 1 saturated heterocycles. The largest absolute Gasteiger partial charge is 0.368 e. The van der Waals surface area contributed by atoms with Crippen LogP contribution in [0.15, 0.2) is 6.07 Å². The van der Waals surface area contributed by atoms with Crippen molar-refractivity contribution in [1.29, 1.82) is 0 Å². The Labute approximate surface area is 107 Å². The van der Waals surface area contributed by atoms with Gasteiger partial charge in [0.25, 0.3) is 0 Å². The number of hydrogen-bond acceptors (Lipinski definition) is 5. The molecule has 2 N–H and O–H groups in total. The van der Waals surface area contributed by atoms with E-state index < -0.39 is 0 Å². The lowest BCUT2D eigenvalue weighted by atomic mass is 10.2. The number of nitrogens with two attached hydrogens (primary N) is 1. The van der Waals surface area contributed by atoms with Gasteiger partial charge in [-0.05, 0) is 19.8 Å². The monoisotopic (exact) mass is 249 g/mol. The van der Waals surface area contributed by atoms with Gasteiger partial charge in [-0.1, -0.05) is 0 Å². The van der Waals surface area contributed by atoms with Crippen molar-refractivity contribution in [3.63, 3.8) is 0 Å². The number of aromatic nitrogens is 2. The van der Waals surface area contributed by atoms with Gasteiger partial charge in [-0.25, -0.2) is 4.98 Å². The molecule has 1 atom stereocenters. The number of nitrogens with zero attached hydrogens (tertiary/aromatic N) is 4. The second kappa shape index (κ2) is 4.80. The van der Waals surface area contributed by atoms with E-state index in [2.05, 4.69) is 9.97 Å². The van der Waals surface area contributed by atoms with Gasteiger partial charge in [0.15, 0.2) is 0 Å². The first-order chi connectivity index (χ1) is 8.49. The molecule has 0 radical (unpaired) electrons. The van der Waals surface area contributed by atoms with E-state index in [4.69, 9.17) is 5.73 Å². The van der Waals surface area contributed by atoms with Crippen LogP contribution in [0.3, 0.4) is 0 Å². The van der Waals surface area contributed by atoms with Gasteiger partial charge in [-0.2, -0.15) is 4.98 Å². The molecule has 1 aromatic heterocycles. The molecule has 1 aliphatic heterocycles. The minimum Gasteiger partial charge on any atom is -0.368 e. The molecule has 0 aromatic carbocycles. The molecule has 0 aliphatic carbocycles. The summed E-state index contributed by atoms with van der Waals surface area (Å²) in [4.78, 5) is 24.0. The highest BCUT2D eigenvalue weighted by Gasteiger charge is 2.32. The van der Waals surface area contributed by atoms with Crippen molar-refractivity contribution in [3.05, 3.63) is 11.8 Å². The third-order valence-electron chi connectivity index (χ3n) is 3.13. The van der Waals surface area contributed by atoms with Gasteiger partial charge in [-0.3, -0.25) is 4.79 Å². The number of carbonyl (C=O) groups is 1. The Morgan fingerprint density at radius 2 is 2.22 bits per heavy atom. The molecule has 18 heavy (non-hydrogen) atoms. The van der Waals surface area contributed by atoms with E-state index in [1.807, 2.05) is 17.9 Å². The Bertz CT molecular complexity index is 440. The molecule has 98 valence electrons. The molecule has 6 nitrogen and oxygen atoms in total. The molecule has 2 heterocycles. The third kappa shape index (κ3) is 2.37. The number of rotatable bonds is 2. The van der Waals surface area contributed by atoms with Crippen molar-refractivity contribution in [2.24, 2.45) is 0 Å². The summed E-state index contributed by atoms with van der Waals surface area (Å²) in [6.45, 7) is 2.71. The molecule has 1 aromatic rings. The van der Waals surface area contributed by atoms with Crippen LogP contribution in [0, 0.1) is 6.92 Å². The fraction of sp³-hybridized carbons (Fsp3) is 0.583. The summed E-state index contributed by atoms with van der Waals surface area (Å²) in [6, 6.07) is 1.74. The summed E-state index contributed by atoms with van der Waals surface area (Å²) in [7, 11) is 3.55. The molecule has 1 aliphatic rings. The molecule has 0 bridgehead atoms. The number of carbonyl (C=O) groups excluding carboxylic acids is 1. The molecule has 2 rings (SSSR count). The zero-order valence-corrected chi connectivity index (χ0v) is 11.1. The fourth-order valence-electron chi connectivity index (χ4n) is 2.32. The van der Waals surface area contributed by atoms with Crippen molar-refractivity contribution in [2.45, 2.75) is 25.8 Å². The Kier molecular flexibility index (Phi) is 3.36. The Balaban J connectivity index is 2.28. The average Bonchev–Trinajstić information content (AvgIpc) is 2.75. The van der Waals surface area contributed by atoms with Gasteiger partial charge in [0.2, 0.25) is 11.9 Å². The van der Waals surface area contributed by atoms with Crippen molar-refractivity contribution in [2.75, 3.05) is 31.3 Å². The minimum absolute atomic E-state index is 0.113. The van der Waals surface area contributed by atoms with Crippen LogP contribution in [-0.4, -0.2) is 47.5 Å². The third-order valence-corrected chi connectivity index (χ3v) is 3.13. The zero-order chi connectivity index (χ0) is 13.3. The maximum absolute atomic E-state index is 12.1. The fourth-order valence-corrected chi connectivity index (χ4v) is 2.32. The highest BCUT2D eigenvalue weighted by molar-refractivity contribution is 5.85. The van der Waals surface area contributed by atoms with Crippen LogP contribution in [-0.2, 0) is 4.79 Å². The molecule has 0 saturated carbocycles. The van der Waals surface area contributed by atoms with E-state index >= 15 is 0 Å². The van der Waals surface area contributed by atoms with Gasteiger partial charge in [-0.15, -0.1) is 0 Å². The van der Waals surface area contributed by atoms with Gasteiger partial charge >= 0.3 is 0 Å². The van der Waals surface area contributed by atoms with Crippen molar-refractivity contribution in [3.8, 4) is 0 Å². The maximum atomic E-state index is 12.1. The first-order valence-corrected chi connectivity index (χ1v) is 6.08. The van der Waals surface area contributed by atoms with Crippen LogP contribution in [0.2, 0.25) is 0 Å². The molecule has 1 unspecified atom stereocenters. The predicted molar refractivity (Wildman–Crippen MR) is 70.2 cm³/mol. The van der Waals surface area contributed by atoms with E-state index in [0.717, 1.165) is 30.9 Å². The Morgan fingerprint density at radius 1 is 1.50 bits per heavy atom. The topological polar surface area (TPSA) is 75.4 Å². The summed E-state index contributed by atoms with van der Waals surface area (Å²) in [5.41, 5.74) is 6.48. The Morgan fingerprint density at radius 3 is 2.83 bits per heavy atom. The molecular weight excluding hydrogens is 230 g/mol. The van der Waals surface area contributed by atoms with E-state index in [0.29, 0.717) is 0 Å². The number of hydrogen-bond donors (Lipinski definition) is 1. The first kappa shape index (κ1) is 12.6. The lowest BCUT2D eigenvalue weighted by Crippen LogP contribution is -2.43. The minimum atomic E-state index is -0.131. The second-order valence-electron chi connectivity index (χ2n) is 4.81. The highest BCUT2D eigenvalue weighted by atomic mass is 16.2. The summed E-state index contributed by atoms with van der Waals surface area (Å²) < 4.78 is 0. The standard InChI is InChI=1S/C12H19N5O/c1-8-7-10(15-12(13)14-8)17-6-4-5-9(17)11(18)16(2)3/h7,9H,4-6H2,1-3H3,(H2,13,14,15). The van der Waals surface area contributed by atoms with E-state index in [-0.39, 0.29) is 17.9 Å². The van der Waals surface area contributed by atoms with Crippen molar-refractivity contribution in [1.82, 2.24) is 14.9 Å². The number of aryl methyl sites for hydroxylation is 1. The van der Waals surface area contributed by atoms with Crippen LogP contribution in [0.4, 0.5) is 11.8 Å². The van der Waals surface area contributed by atoms with Crippen molar-refractivity contribution < 1.29 is 4.79 Å². The van der Waals surface area contributed by atoms with Gasteiger partial charge in [0.1, 0.15) is 11.9 Å². The quantitative estimate of drug-likeness (QED) is 0.822. The number of nitrogen functional groups attached to an aromatic ring is 1. The number of anilines is 2. The summed E-state index contributed by atoms with van der Waals surface area (Å²) >= 11 is 0. The predicted octanol–water partition coefficient (Wildman–Crippen LogP) is 0.424. The highest BCUT2D eigenvalue weighted by Crippen LogP contribution is 2.25. The smallest absolute Gasteiger partial charge is 0.244 e. The summed E-state index contributed by atoms with van der Waals surface area (Å²) in [5.74, 6) is 1.12. The lowest BCUT2D eigenvalue weighted by molar-refractivity contribution is -0.129. The molecular formula is C12H19N5O. The van der Waals surface area contributed by atoms with E-state index in [9.17, 15) is 4.79 Å². The molecule has 1 amide bonds. The first-order valence-electron chi connectivity index (χ1n) is 6.08. The average molecular weight is 249 g/mol.